The van der Waals surface area contributed by atoms with Crippen LogP contribution in [-0.4, -0.2) is 29.7 Å². The number of hydrogen-bond acceptors (Lipinski definition) is 4. The zero-order chi connectivity index (χ0) is 19.3. The van der Waals surface area contributed by atoms with Gasteiger partial charge in [-0.3, -0.25) is 4.79 Å². The molecule has 0 saturated carbocycles. The fourth-order valence-electron chi connectivity index (χ4n) is 1.99. The van der Waals surface area contributed by atoms with Crippen molar-refractivity contribution in [3.8, 4) is 5.88 Å². The Morgan fingerprint density at radius 1 is 1.31 bits per heavy atom. The third-order valence-electron chi connectivity index (χ3n) is 3.35. The maximum atomic E-state index is 12.3. The highest BCUT2D eigenvalue weighted by atomic mass is 35.5. The molecule has 2 rings (SSSR count). The van der Waals surface area contributed by atoms with Crippen LogP contribution in [0.15, 0.2) is 36.5 Å². The lowest BCUT2D eigenvalue weighted by atomic mass is 10.2. The molecule has 0 aliphatic heterocycles. The van der Waals surface area contributed by atoms with E-state index in [1.807, 2.05) is 6.92 Å². The Hall–Kier alpha value is -2.48. The number of ether oxygens (including phenoxy) is 1. The number of rotatable bonds is 6. The molecule has 2 N–H and O–H groups in total. The molecule has 0 fully saturated rings. The number of aryl methyl sites for hydroxylation is 1. The van der Waals surface area contributed by atoms with Gasteiger partial charge in [0.1, 0.15) is 6.04 Å². The van der Waals surface area contributed by atoms with Gasteiger partial charge in [0.15, 0.2) is 6.61 Å². The molecule has 1 aromatic carbocycles. The Labute approximate surface area is 153 Å². The highest BCUT2D eigenvalue weighted by molar-refractivity contribution is 6.31. The quantitative estimate of drug-likeness (QED) is 0.770. The van der Waals surface area contributed by atoms with Gasteiger partial charge in [0.2, 0.25) is 11.8 Å². The topological polar surface area (TPSA) is 63.2 Å². The molecule has 0 aliphatic carbocycles. The third-order valence-corrected chi connectivity index (χ3v) is 3.59. The summed E-state index contributed by atoms with van der Waals surface area (Å²) in [5, 5.41) is 6.18. The van der Waals surface area contributed by atoms with Crippen LogP contribution in [0.2, 0.25) is 5.02 Å². The van der Waals surface area contributed by atoms with Gasteiger partial charge >= 0.3 is 6.18 Å². The highest BCUT2D eigenvalue weighted by Crippen LogP contribution is 2.21. The summed E-state index contributed by atoms with van der Waals surface area (Å²) in [7, 11) is 0. The van der Waals surface area contributed by atoms with Crippen LogP contribution in [0.25, 0.3) is 0 Å². The molecule has 1 heterocycles. The Morgan fingerprint density at radius 2 is 2.04 bits per heavy atom. The third kappa shape index (κ3) is 6.11. The molecule has 26 heavy (non-hydrogen) atoms. The number of nitrogens with one attached hydrogen (secondary N) is 2. The molecule has 0 saturated heterocycles. The summed E-state index contributed by atoms with van der Waals surface area (Å²) >= 11 is 5.92. The molecule has 5 nitrogen and oxygen atoms in total. The largest absolute Gasteiger partial charge is 0.468 e. The first kappa shape index (κ1) is 19.8. The zero-order valence-electron chi connectivity index (χ0n) is 14.0. The van der Waals surface area contributed by atoms with Crippen LogP contribution in [0.5, 0.6) is 5.88 Å². The van der Waals surface area contributed by atoms with Gasteiger partial charge < -0.3 is 15.4 Å². The Bertz CT molecular complexity index is 767. The Morgan fingerprint density at radius 3 is 2.65 bits per heavy atom. The molecule has 9 heteroatoms. The average molecular weight is 388 g/mol. The van der Waals surface area contributed by atoms with Crippen molar-refractivity contribution in [2.24, 2.45) is 0 Å². The molecule has 0 aliphatic rings. The Kier molecular flexibility index (Phi) is 6.31. The van der Waals surface area contributed by atoms with Gasteiger partial charge in [0, 0.05) is 16.8 Å². The number of carbonyl (C=O) groups excluding carboxylic acids is 1. The van der Waals surface area contributed by atoms with Crippen LogP contribution < -0.4 is 15.4 Å². The molecule has 1 atom stereocenters. The molecule has 1 aromatic heterocycles. The van der Waals surface area contributed by atoms with Gasteiger partial charge in [-0.15, -0.1) is 0 Å². The highest BCUT2D eigenvalue weighted by Gasteiger charge is 2.28. The number of alkyl halides is 3. The molecule has 140 valence electrons. The van der Waals surface area contributed by atoms with Crippen molar-refractivity contribution in [3.05, 3.63) is 47.1 Å². The normalized spacial score (nSPS) is 12.4. The monoisotopic (exact) mass is 387 g/mol. The molecule has 0 radical (unpaired) electrons. The summed E-state index contributed by atoms with van der Waals surface area (Å²) in [6, 6.07) is 7.32. The first-order valence-corrected chi connectivity index (χ1v) is 8.01. The summed E-state index contributed by atoms with van der Waals surface area (Å²) < 4.78 is 40.8. The van der Waals surface area contributed by atoms with Gasteiger partial charge in [-0.2, -0.15) is 13.2 Å². The smallest absolute Gasteiger partial charge is 0.422 e. The van der Waals surface area contributed by atoms with Crippen molar-refractivity contribution in [2.45, 2.75) is 26.1 Å². The van der Waals surface area contributed by atoms with Crippen molar-refractivity contribution < 1.29 is 22.7 Å². The van der Waals surface area contributed by atoms with Crippen LogP contribution in [-0.2, 0) is 4.79 Å². The number of aromatic nitrogens is 1. The summed E-state index contributed by atoms with van der Waals surface area (Å²) in [6.45, 7) is 2.07. The first-order chi connectivity index (χ1) is 12.1. The lowest BCUT2D eigenvalue weighted by Crippen LogP contribution is -2.32. The fourth-order valence-corrected chi connectivity index (χ4v) is 2.16. The minimum Gasteiger partial charge on any atom is -0.468 e. The molecule has 2 aromatic rings. The predicted octanol–water partition coefficient (Wildman–Crippen LogP) is 4.42. The van der Waals surface area contributed by atoms with Gasteiger partial charge in [0.05, 0.1) is 11.9 Å². The Balaban J connectivity index is 1.93. The van der Waals surface area contributed by atoms with Crippen molar-refractivity contribution >= 4 is 28.9 Å². The fraction of sp³-hybridized carbons (Fsp3) is 0.294. The van der Waals surface area contributed by atoms with Crippen molar-refractivity contribution in [3.63, 3.8) is 0 Å². The number of amides is 1. The van der Waals surface area contributed by atoms with Gasteiger partial charge in [-0.25, -0.2) is 4.98 Å². The summed E-state index contributed by atoms with van der Waals surface area (Å²) in [5.41, 5.74) is 1.93. The number of anilines is 2. The summed E-state index contributed by atoms with van der Waals surface area (Å²) in [6.07, 6.45) is -3.14. The second kappa shape index (κ2) is 8.27. The maximum absolute atomic E-state index is 12.3. The van der Waals surface area contributed by atoms with E-state index < -0.39 is 18.8 Å². The van der Waals surface area contributed by atoms with Gasteiger partial charge in [-0.1, -0.05) is 17.7 Å². The molecule has 0 spiro atoms. The van der Waals surface area contributed by atoms with Crippen molar-refractivity contribution in [1.82, 2.24) is 4.98 Å². The number of benzene rings is 1. The first-order valence-electron chi connectivity index (χ1n) is 7.63. The molecular formula is C17H17ClF3N3O2. The minimum absolute atomic E-state index is 0.153. The average Bonchev–Trinajstić information content (AvgIpc) is 2.56. The van der Waals surface area contributed by atoms with Crippen molar-refractivity contribution in [2.75, 3.05) is 17.2 Å². The van der Waals surface area contributed by atoms with E-state index in [1.54, 1.807) is 25.1 Å². The van der Waals surface area contributed by atoms with Crippen LogP contribution in [0.4, 0.5) is 24.5 Å². The molecule has 0 bridgehead atoms. The minimum atomic E-state index is -4.43. The summed E-state index contributed by atoms with van der Waals surface area (Å²) in [4.78, 5) is 16.0. The summed E-state index contributed by atoms with van der Waals surface area (Å²) in [5.74, 6) is -0.452. The van der Waals surface area contributed by atoms with E-state index in [9.17, 15) is 18.0 Å². The van der Waals surface area contributed by atoms with E-state index in [-0.39, 0.29) is 11.8 Å². The van der Waals surface area contributed by atoms with Crippen molar-refractivity contribution in [1.29, 1.82) is 0 Å². The second-order valence-electron chi connectivity index (χ2n) is 5.60. The number of nitrogens with zero attached hydrogens (tertiary/aromatic N) is 1. The second-order valence-corrected chi connectivity index (χ2v) is 6.04. The maximum Gasteiger partial charge on any atom is 0.422 e. The van der Waals surface area contributed by atoms with Crippen LogP contribution in [0, 0.1) is 6.92 Å². The number of hydrogen-bond donors (Lipinski definition) is 2. The standard InChI is InChI=1S/C17H17ClF3N3O2/c1-10-3-4-12(18)7-14(10)24-16(25)11(2)23-13-5-6-15(22-8-13)26-9-17(19,20)21/h3-8,11,23H,9H2,1-2H3,(H,24,25). The zero-order valence-corrected chi connectivity index (χ0v) is 14.8. The van der Waals surface area contributed by atoms with E-state index in [4.69, 9.17) is 11.6 Å². The van der Waals surface area contributed by atoms with Crippen LogP contribution in [0.1, 0.15) is 12.5 Å². The van der Waals surface area contributed by atoms with E-state index in [2.05, 4.69) is 20.4 Å². The number of pyridine rings is 1. The molecule has 1 amide bonds. The number of carbonyl (C=O) groups is 1. The lowest BCUT2D eigenvalue weighted by Gasteiger charge is -2.16. The van der Waals surface area contributed by atoms with E-state index in [0.717, 1.165) is 5.56 Å². The van der Waals surface area contributed by atoms with E-state index in [0.29, 0.717) is 16.4 Å². The number of halogens is 4. The van der Waals surface area contributed by atoms with Gasteiger partial charge in [0.25, 0.3) is 0 Å². The van der Waals surface area contributed by atoms with Gasteiger partial charge in [-0.05, 0) is 37.6 Å². The predicted molar refractivity (Wildman–Crippen MR) is 93.7 cm³/mol. The SMILES string of the molecule is Cc1ccc(Cl)cc1NC(=O)C(C)Nc1ccc(OCC(F)(F)F)nc1. The van der Waals surface area contributed by atoms with Crippen LogP contribution in [0.3, 0.4) is 0 Å². The molecule has 1 unspecified atom stereocenters. The van der Waals surface area contributed by atoms with E-state index in [1.165, 1.54) is 18.3 Å². The van der Waals surface area contributed by atoms with Crippen LogP contribution >= 0.6 is 11.6 Å². The van der Waals surface area contributed by atoms with E-state index >= 15 is 0 Å². The lowest BCUT2D eigenvalue weighted by molar-refractivity contribution is -0.154. The molecular weight excluding hydrogens is 371 g/mol.